The predicted molar refractivity (Wildman–Crippen MR) is 91.8 cm³/mol. The average Bonchev–Trinajstić information content (AvgIpc) is 2.34. The van der Waals surface area contributed by atoms with Crippen LogP contribution in [0, 0.1) is 0 Å². The monoisotopic (exact) mass is 423 g/mol. The average molecular weight is 423 g/mol. The quantitative estimate of drug-likeness (QED) is 0.220. The standard InChI is InChI=1S/C11H25N3O4S.HI/c1-12-11(13-5-4-7-17-2)14-6-8-18-9-10-19(3,15)16;/h4-10H2,1-3H3,(H2,12,13,14);1H. The van der Waals surface area contributed by atoms with Gasteiger partial charge in [0.15, 0.2) is 5.96 Å². The number of nitrogens with one attached hydrogen (secondary N) is 2. The van der Waals surface area contributed by atoms with Crippen LogP contribution in [0.25, 0.3) is 0 Å². The first-order chi connectivity index (χ1) is 8.99. The lowest BCUT2D eigenvalue weighted by Crippen LogP contribution is -2.39. The molecule has 0 aliphatic rings. The Morgan fingerprint density at radius 1 is 1.15 bits per heavy atom. The zero-order valence-electron chi connectivity index (χ0n) is 12.3. The van der Waals surface area contributed by atoms with E-state index in [0.717, 1.165) is 13.0 Å². The fraction of sp³-hybridized carbons (Fsp3) is 0.909. The van der Waals surface area contributed by atoms with E-state index in [1.54, 1.807) is 14.2 Å². The Kier molecular flexibility index (Phi) is 15.3. The van der Waals surface area contributed by atoms with Gasteiger partial charge < -0.3 is 20.1 Å². The molecule has 20 heavy (non-hydrogen) atoms. The molecule has 7 nitrogen and oxygen atoms in total. The van der Waals surface area contributed by atoms with Gasteiger partial charge in [0.1, 0.15) is 9.84 Å². The molecule has 0 fully saturated rings. The molecule has 0 unspecified atom stereocenters. The lowest BCUT2D eigenvalue weighted by atomic mass is 10.4. The van der Waals surface area contributed by atoms with E-state index in [1.165, 1.54) is 6.26 Å². The van der Waals surface area contributed by atoms with Crippen LogP contribution in [0.1, 0.15) is 6.42 Å². The van der Waals surface area contributed by atoms with Gasteiger partial charge in [-0.15, -0.1) is 24.0 Å². The Hall–Kier alpha value is -0.130. The molecule has 0 atom stereocenters. The summed E-state index contributed by atoms with van der Waals surface area (Å²) in [7, 11) is 0.415. The summed E-state index contributed by atoms with van der Waals surface area (Å²) >= 11 is 0. The summed E-state index contributed by atoms with van der Waals surface area (Å²) in [5.74, 6) is 0.750. The smallest absolute Gasteiger partial charge is 0.191 e. The van der Waals surface area contributed by atoms with E-state index in [9.17, 15) is 8.42 Å². The van der Waals surface area contributed by atoms with E-state index in [0.29, 0.717) is 25.7 Å². The first-order valence-electron chi connectivity index (χ1n) is 6.18. The maximum Gasteiger partial charge on any atom is 0.191 e. The molecule has 0 saturated carbocycles. The van der Waals surface area contributed by atoms with Crippen molar-refractivity contribution in [3.63, 3.8) is 0 Å². The molecule has 9 heteroatoms. The lowest BCUT2D eigenvalue weighted by Gasteiger charge is -2.11. The van der Waals surface area contributed by atoms with Crippen molar-refractivity contribution >= 4 is 39.8 Å². The summed E-state index contributed by atoms with van der Waals surface area (Å²) < 4.78 is 31.9. The zero-order chi connectivity index (χ0) is 14.6. The minimum Gasteiger partial charge on any atom is -0.385 e. The van der Waals surface area contributed by atoms with Crippen molar-refractivity contribution in [2.45, 2.75) is 6.42 Å². The first-order valence-corrected chi connectivity index (χ1v) is 8.24. The molecule has 0 bridgehead atoms. The van der Waals surface area contributed by atoms with Crippen LogP contribution >= 0.6 is 24.0 Å². The van der Waals surface area contributed by atoms with E-state index in [4.69, 9.17) is 9.47 Å². The fourth-order valence-corrected chi connectivity index (χ4v) is 1.62. The van der Waals surface area contributed by atoms with Crippen molar-refractivity contribution in [2.75, 3.05) is 59.1 Å². The Morgan fingerprint density at radius 3 is 2.35 bits per heavy atom. The van der Waals surface area contributed by atoms with Gasteiger partial charge in [-0.05, 0) is 6.42 Å². The van der Waals surface area contributed by atoms with Crippen LogP contribution in [-0.4, -0.2) is 73.5 Å². The predicted octanol–water partition coefficient (Wildman–Crippen LogP) is -0.133. The number of ether oxygens (including phenoxy) is 2. The van der Waals surface area contributed by atoms with Gasteiger partial charge in [0.2, 0.25) is 0 Å². The number of sulfone groups is 1. The summed E-state index contributed by atoms with van der Waals surface area (Å²) in [5.41, 5.74) is 0. The van der Waals surface area contributed by atoms with Crippen LogP contribution in [0.5, 0.6) is 0 Å². The highest BCUT2D eigenvalue weighted by molar-refractivity contribution is 14.0. The fourth-order valence-electron chi connectivity index (χ4n) is 1.20. The second-order valence-electron chi connectivity index (χ2n) is 4.01. The molecule has 0 heterocycles. The van der Waals surface area contributed by atoms with Crippen molar-refractivity contribution in [1.29, 1.82) is 0 Å². The molecule has 2 N–H and O–H groups in total. The van der Waals surface area contributed by atoms with Gasteiger partial charge in [-0.2, -0.15) is 0 Å². The molecule has 0 amide bonds. The van der Waals surface area contributed by atoms with E-state index in [-0.39, 0.29) is 36.3 Å². The SMILES string of the molecule is CN=C(NCCCOC)NCCOCCS(C)(=O)=O.I. The maximum absolute atomic E-state index is 10.9. The van der Waals surface area contributed by atoms with Crippen LogP contribution < -0.4 is 10.6 Å². The number of nitrogens with zero attached hydrogens (tertiary/aromatic N) is 1. The third-order valence-electron chi connectivity index (χ3n) is 2.18. The molecule has 0 spiro atoms. The van der Waals surface area contributed by atoms with E-state index >= 15 is 0 Å². The number of aliphatic imine (C=N–C) groups is 1. The topological polar surface area (TPSA) is 89.0 Å². The molecule has 0 rings (SSSR count). The van der Waals surface area contributed by atoms with Crippen LogP contribution in [0.15, 0.2) is 4.99 Å². The van der Waals surface area contributed by atoms with Crippen LogP contribution in [-0.2, 0) is 19.3 Å². The summed E-state index contributed by atoms with van der Waals surface area (Å²) in [6.07, 6.45) is 2.10. The molecule has 122 valence electrons. The lowest BCUT2D eigenvalue weighted by molar-refractivity contribution is 0.154. The maximum atomic E-state index is 10.9. The Bertz CT molecular complexity index is 350. The Morgan fingerprint density at radius 2 is 1.80 bits per heavy atom. The van der Waals surface area contributed by atoms with Gasteiger partial charge in [-0.1, -0.05) is 0 Å². The highest BCUT2D eigenvalue weighted by atomic mass is 127. The van der Waals surface area contributed by atoms with E-state index in [1.807, 2.05) is 0 Å². The van der Waals surface area contributed by atoms with E-state index < -0.39 is 9.84 Å². The van der Waals surface area contributed by atoms with Crippen molar-refractivity contribution in [1.82, 2.24) is 10.6 Å². The molecular weight excluding hydrogens is 397 g/mol. The number of guanidine groups is 1. The van der Waals surface area contributed by atoms with Crippen molar-refractivity contribution in [2.24, 2.45) is 4.99 Å². The Balaban J connectivity index is 0. The largest absolute Gasteiger partial charge is 0.385 e. The second-order valence-corrected chi connectivity index (χ2v) is 6.27. The highest BCUT2D eigenvalue weighted by Crippen LogP contribution is 1.83. The number of hydrogen-bond acceptors (Lipinski definition) is 5. The van der Waals surface area contributed by atoms with E-state index in [2.05, 4.69) is 15.6 Å². The molecule has 0 aliphatic heterocycles. The van der Waals surface area contributed by atoms with Gasteiger partial charge in [-0.3, -0.25) is 4.99 Å². The van der Waals surface area contributed by atoms with Gasteiger partial charge >= 0.3 is 0 Å². The first kappa shape index (κ1) is 22.2. The third kappa shape index (κ3) is 15.9. The summed E-state index contributed by atoms with van der Waals surface area (Å²) in [6.45, 7) is 2.73. The van der Waals surface area contributed by atoms with Crippen LogP contribution in [0.4, 0.5) is 0 Å². The zero-order valence-corrected chi connectivity index (χ0v) is 15.5. The number of hydrogen-bond donors (Lipinski definition) is 2. The van der Waals surface area contributed by atoms with Gasteiger partial charge in [0.25, 0.3) is 0 Å². The normalized spacial score (nSPS) is 11.8. The summed E-state index contributed by atoms with van der Waals surface area (Å²) in [4.78, 5) is 4.04. The Labute approximate surface area is 138 Å². The van der Waals surface area contributed by atoms with Crippen molar-refractivity contribution < 1.29 is 17.9 Å². The molecule has 0 radical (unpaired) electrons. The van der Waals surface area contributed by atoms with Gasteiger partial charge in [-0.25, -0.2) is 8.42 Å². The molecule has 0 aromatic rings. The number of halogens is 1. The molecule has 0 aromatic heterocycles. The third-order valence-corrected chi connectivity index (χ3v) is 3.09. The van der Waals surface area contributed by atoms with Crippen molar-refractivity contribution in [3.05, 3.63) is 0 Å². The van der Waals surface area contributed by atoms with Crippen LogP contribution in [0.2, 0.25) is 0 Å². The summed E-state index contributed by atoms with van der Waals surface area (Å²) in [5, 5.41) is 6.19. The van der Waals surface area contributed by atoms with Gasteiger partial charge in [0.05, 0.1) is 19.0 Å². The van der Waals surface area contributed by atoms with Gasteiger partial charge in [0, 0.05) is 40.1 Å². The molecule has 0 saturated heterocycles. The second kappa shape index (κ2) is 13.8. The molecule has 0 aliphatic carbocycles. The summed E-state index contributed by atoms with van der Waals surface area (Å²) in [6, 6.07) is 0. The minimum atomic E-state index is -2.94. The molecule has 0 aromatic carbocycles. The van der Waals surface area contributed by atoms with Crippen molar-refractivity contribution in [3.8, 4) is 0 Å². The highest BCUT2D eigenvalue weighted by Gasteiger charge is 2.01. The number of methoxy groups -OCH3 is 1. The molecular formula is C11H26IN3O4S. The van der Waals surface area contributed by atoms with Crippen LogP contribution in [0.3, 0.4) is 0 Å². The minimum absolute atomic E-state index is 0. The number of rotatable bonds is 10.